The average molecular weight is 513 g/mol. The fraction of sp³-hybridized carbons (Fsp3) is 0.115. The van der Waals surface area contributed by atoms with Crippen molar-refractivity contribution in [1.82, 2.24) is 4.57 Å². The molecule has 0 bridgehead atoms. The van der Waals surface area contributed by atoms with E-state index in [-0.39, 0.29) is 34.2 Å². The van der Waals surface area contributed by atoms with Crippen LogP contribution in [0.1, 0.15) is 6.92 Å². The second kappa shape index (κ2) is 9.82. The number of hydrogen-bond donors (Lipinski definition) is 2. The topological polar surface area (TPSA) is 97.6 Å². The molecule has 10 heteroatoms. The number of aromatic nitrogens is 1. The number of hydrogen-bond acceptors (Lipinski definition) is 5. The van der Waals surface area contributed by atoms with Crippen molar-refractivity contribution in [2.75, 3.05) is 10.5 Å². The van der Waals surface area contributed by atoms with Crippen LogP contribution in [0.4, 0.5) is 14.5 Å². The molecule has 0 radical (unpaired) electrons. The lowest BCUT2D eigenvalue weighted by Crippen LogP contribution is -2.16. The van der Waals surface area contributed by atoms with E-state index in [1.807, 2.05) is 0 Å². The molecule has 0 aliphatic rings. The van der Waals surface area contributed by atoms with Crippen LogP contribution >= 0.6 is 0 Å². The lowest BCUT2D eigenvalue weighted by molar-refractivity contribution is 0.439. The monoisotopic (exact) mass is 512 g/mol. The van der Waals surface area contributed by atoms with Crippen LogP contribution in [0.2, 0.25) is 0 Å². The second-order valence-electron chi connectivity index (χ2n) is 7.96. The number of phenols is 1. The molecule has 7 nitrogen and oxygen atoms in total. The molecule has 4 aromatic rings. The maximum atomic E-state index is 14.4. The molecule has 36 heavy (non-hydrogen) atoms. The summed E-state index contributed by atoms with van der Waals surface area (Å²) < 4.78 is 61.8. The third kappa shape index (κ3) is 5.23. The van der Waals surface area contributed by atoms with Crippen LogP contribution in [-0.2, 0) is 17.1 Å². The molecule has 0 aliphatic heterocycles. The predicted octanol–water partition coefficient (Wildman–Crippen LogP) is 5.26. The molecule has 0 aliphatic carbocycles. The average Bonchev–Trinajstić information content (AvgIpc) is 2.83. The van der Waals surface area contributed by atoms with Gasteiger partial charge in [0.1, 0.15) is 17.3 Å². The van der Waals surface area contributed by atoms with E-state index in [4.69, 9.17) is 4.74 Å². The fourth-order valence-electron chi connectivity index (χ4n) is 3.59. The maximum absolute atomic E-state index is 14.4. The van der Waals surface area contributed by atoms with Crippen LogP contribution in [0.5, 0.6) is 17.2 Å². The van der Waals surface area contributed by atoms with E-state index in [0.717, 1.165) is 12.1 Å². The highest BCUT2D eigenvalue weighted by molar-refractivity contribution is 7.92. The lowest BCUT2D eigenvalue weighted by Gasteiger charge is -2.18. The van der Waals surface area contributed by atoms with Gasteiger partial charge in [0.15, 0.2) is 11.6 Å². The van der Waals surface area contributed by atoms with Gasteiger partial charge in [-0.1, -0.05) is 18.2 Å². The van der Waals surface area contributed by atoms with Gasteiger partial charge in [0.05, 0.1) is 5.75 Å². The molecular formula is C26H22F2N2O5S. The maximum Gasteiger partial charge on any atom is 0.250 e. The SMILES string of the molecule is CCS(=O)(=O)Nc1ccc(Oc2ccc(F)cc2F)c(-c2cn(C)c(=O)cc2-c2ccccc2O)c1. The van der Waals surface area contributed by atoms with Crippen molar-refractivity contribution in [3.8, 4) is 39.5 Å². The van der Waals surface area contributed by atoms with E-state index in [1.165, 1.54) is 55.1 Å². The number of halogens is 2. The number of phenolic OH excluding ortho intramolecular Hbond substituents is 1. The van der Waals surface area contributed by atoms with E-state index in [1.54, 1.807) is 18.2 Å². The van der Waals surface area contributed by atoms with Crippen molar-refractivity contribution in [3.63, 3.8) is 0 Å². The summed E-state index contributed by atoms with van der Waals surface area (Å²) in [6, 6.07) is 14.9. The molecule has 1 heterocycles. The summed E-state index contributed by atoms with van der Waals surface area (Å²) in [6.45, 7) is 1.49. The van der Waals surface area contributed by atoms with Gasteiger partial charge >= 0.3 is 0 Å². The predicted molar refractivity (Wildman–Crippen MR) is 134 cm³/mol. The third-order valence-corrected chi connectivity index (χ3v) is 6.77. The highest BCUT2D eigenvalue weighted by Gasteiger charge is 2.19. The van der Waals surface area contributed by atoms with Gasteiger partial charge in [-0.15, -0.1) is 0 Å². The van der Waals surface area contributed by atoms with Crippen molar-refractivity contribution < 1.29 is 27.0 Å². The minimum absolute atomic E-state index is 0.0816. The second-order valence-corrected chi connectivity index (χ2v) is 9.97. The van der Waals surface area contributed by atoms with Crippen LogP contribution in [-0.4, -0.2) is 23.8 Å². The number of anilines is 1. The molecule has 2 N–H and O–H groups in total. The van der Waals surface area contributed by atoms with Crippen molar-refractivity contribution in [3.05, 3.63) is 94.9 Å². The summed E-state index contributed by atoms with van der Waals surface area (Å²) in [6.07, 6.45) is 1.51. The molecule has 0 spiro atoms. The van der Waals surface area contributed by atoms with Crippen LogP contribution in [0.3, 0.4) is 0 Å². The van der Waals surface area contributed by atoms with Crippen LogP contribution in [0.15, 0.2) is 77.7 Å². The zero-order valence-electron chi connectivity index (χ0n) is 19.3. The molecule has 1 aromatic heterocycles. The van der Waals surface area contributed by atoms with E-state index >= 15 is 0 Å². The number of para-hydroxylation sites is 1. The summed E-state index contributed by atoms with van der Waals surface area (Å²) in [5.74, 6) is -2.10. The van der Waals surface area contributed by atoms with Gasteiger partial charge in [0, 0.05) is 53.3 Å². The van der Waals surface area contributed by atoms with E-state index < -0.39 is 21.7 Å². The third-order valence-electron chi connectivity index (χ3n) is 5.46. The number of sulfonamides is 1. The Hall–Kier alpha value is -4.18. The normalized spacial score (nSPS) is 11.3. The Bertz CT molecular complexity index is 1620. The Morgan fingerprint density at radius 1 is 0.917 bits per heavy atom. The molecule has 186 valence electrons. The molecule has 0 unspecified atom stereocenters. The number of pyridine rings is 1. The Kier molecular flexibility index (Phi) is 6.80. The van der Waals surface area contributed by atoms with Gasteiger partial charge in [-0.2, -0.15) is 0 Å². The summed E-state index contributed by atoms with van der Waals surface area (Å²) in [5.41, 5.74) is 1.24. The minimum atomic E-state index is -3.63. The van der Waals surface area contributed by atoms with Crippen LogP contribution in [0, 0.1) is 11.6 Å². The van der Waals surface area contributed by atoms with Crippen LogP contribution in [0.25, 0.3) is 22.3 Å². The van der Waals surface area contributed by atoms with E-state index in [9.17, 15) is 27.1 Å². The number of rotatable bonds is 7. The summed E-state index contributed by atoms with van der Waals surface area (Å²) in [4.78, 5) is 12.5. The Morgan fingerprint density at radius 3 is 2.33 bits per heavy atom. The molecule has 0 amide bonds. The first-order valence-electron chi connectivity index (χ1n) is 10.8. The first-order valence-corrected chi connectivity index (χ1v) is 12.5. The quantitative estimate of drug-likeness (QED) is 0.352. The van der Waals surface area contributed by atoms with E-state index in [0.29, 0.717) is 28.3 Å². The molecule has 0 saturated heterocycles. The van der Waals surface area contributed by atoms with Gasteiger partial charge in [0.25, 0.3) is 5.56 Å². The summed E-state index contributed by atoms with van der Waals surface area (Å²) in [5, 5.41) is 10.5. The van der Waals surface area contributed by atoms with Crippen molar-refractivity contribution in [2.45, 2.75) is 6.92 Å². The smallest absolute Gasteiger partial charge is 0.250 e. The van der Waals surface area contributed by atoms with Crippen molar-refractivity contribution in [2.24, 2.45) is 7.05 Å². The number of nitrogens with one attached hydrogen (secondary N) is 1. The highest BCUT2D eigenvalue weighted by Crippen LogP contribution is 2.42. The number of benzene rings is 3. The van der Waals surface area contributed by atoms with Gasteiger partial charge in [-0.25, -0.2) is 17.2 Å². The summed E-state index contributed by atoms with van der Waals surface area (Å²) >= 11 is 0. The lowest BCUT2D eigenvalue weighted by atomic mass is 9.94. The summed E-state index contributed by atoms with van der Waals surface area (Å²) in [7, 11) is -2.09. The van der Waals surface area contributed by atoms with Gasteiger partial charge in [0.2, 0.25) is 10.0 Å². The van der Waals surface area contributed by atoms with Crippen molar-refractivity contribution >= 4 is 15.7 Å². The highest BCUT2D eigenvalue weighted by atomic mass is 32.2. The van der Waals surface area contributed by atoms with Crippen LogP contribution < -0.4 is 15.0 Å². The first-order chi connectivity index (χ1) is 17.1. The largest absolute Gasteiger partial charge is 0.507 e. The zero-order valence-corrected chi connectivity index (χ0v) is 20.1. The molecule has 0 atom stereocenters. The number of ether oxygens (including phenoxy) is 1. The molecule has 0 fully saturated rings. The fourth-order valence-corrected chi connectivity index (χ4v) is 4.22. The van der Waals surface area contributed by atoms with Gasteiger partial charge < -0.3 is 14.4 Å². The Morgan fingerprint density at radius 2 is 1.64 bits per heavy atom. The molecule has 0 saturated carbocycles. The number of nitrogens with zero attached hydrogens (tertiary/aromatic N) is 1. The Labute approximate surface area is 206 Å². The Balaban J connectivity index is 1.98. The minimum Gasteiger partial charge on any atom is -0.507 e. The van der Waals surface area contributed by atoms with Gasteiger partial charge in [-0.3, -0.25) is 9.52 Å². The van der Waals surface area contributed by atoms with Crippen molar-refractivity contribution in [1.29, 1.82) is 0 Å². The van der Waals surface area contributed by atoms with E-state index in [2.05, 4.69) is 4.72 Å². The number of aryl methyl sites for hydroxylation is 1. The van der Waals surface area contributed by atoms with Gasteiger partial charge in [-0.05, 0) is 43.3 Å². The molecular weight excluding hydrogens is 490 g/mol. The molecule has 3 aromatic carbocycles. The first kappa shape index (κ1) is 24.9. The molecule has 4 rings (SSSR count). The zero-order chi connectivity index (χ0) is 26.0. The number of aromatic hydroxyl groups is 1. The standard InChI is InChI=1S/C26H22F2N2O5S/c1-3-36(33,34)29-17-9-11-24(35-25-10-8-16(27)12-22(25)28)20(13-17)21-15-30(2)26(32)14-19(21)18-6-4-5-7-23(18)31/h4-15,29,31H,3H2,1-2H3.